The lowest BCUT2D eigenvalue weighted by molar-refractivity contribution is -0.192. The zero-order chi connectivity index (χ0) is 20.0. The summed E-state index contributed by atoms with van der Waals surface area (Å²) in [6.07, 6.45) is -3.34. The summed E-state index contributed by atoms with van der Waals surface area (Å²) in [5.74, 6) is -2.17. The summed E-state index contributed by atoms with van der Waals surface area (Å²) in [6, 6.07) is 13.8. The minimum Gasteiger partial charge on any atom is -0.475 e. The Hall–Kier alpha value is -3.14. The first-order chi connectivity index (χ1) is 12.6. The fraction of sp³-hybridized carbons (Fsp3) is 0.118. The molecule has 4 N–H and O–H groups in total. The maximum atomic E-state index is 10.6. The van der Waals surface area contributed by atoms with E-state index >= 15 is 0 Å². The number of aromatic nitrogens is 2. The molecule has 0 saturated heterocycles. The second-order valence-electron chi connectivity index (χ2n) is 5.26. The second-order valence-corrected chi connectivity index (χ2v) is 6.38. The lowest BCUT2D eigenvalue weighted by Gasteiger charge is -2.06. The van der Waals surface area contributed by atoms with Gasteiger partial charge in [-0.15, -0.1) is 11.3 Å². The van der Waals surface area contributed by atoms with E-state index in [2.05, 4.69) is 34.3 Å². The van der Waals surface area contributed by atoms with Crippen molar-refractivity contribution in [1.29, 1.82) is 0 Å². The SMILES string of the molecule is Cc1cccc(Nc2nccc(-c3ccc(N)s3)n2)c1.O=C(O)C(F)(F)F. The number of hydrogen-bond donors (Lipinski definition) is 3. The molecule has 0 fully saturated rings. The van der Waals surface area contributed by atoms with Crippen LogP contribution >= 0.6 is 11.3 Å². The van der Waals surface area contributed by atoms with Crippen LogP contribution in [0.5, 0.6) is 0 Å². The summed E-state index contributed by atoms with van der Waals surface area (Å²) in [7, 11) is 0. The minimum atomic E-state index is -5.08. The summed E-state index contributed by atoms with van der Waals surface area (Å²) < 4.78 is 31.7. The average Bonchev–Trinajstić information content (AvgIpc) is 3.01. The molecule has 0 saturated carbocycles. The van der Waals surface area contributed by atoms with Crippen LogP contribution in [-0.4, -0.2) is 27.2 Å². The molecule has 0 bridgehead atoms. The molecule has 3 aromatic rings. The summed E-state index contributed by atoms with van der Waals surface area (Å²) in [6.45, 7) is 2.05. The van der Waals surface area contributed by atoms with Crippen molar-refractivity contribution in [2.75, 3.05) is 11.1 Å². The molecule has 0 aliphatic rings. The molecule has 1 aromatic carbocycles. The number of alkyl halides is 3. The van der Waals surface area contributed by atoms with E-state index in [9.17, 15) is 13.2 Å². The highest BCUT2D eigenvalue weighted by Crippen LogP contribution is 2.28. The fourth-order valence-corrected chi connectivity index (χ4v) is 2.64. The van der Waals surface area contributed by atoms with Crippen LogP contribution in [0.4, 0.5) is 29.8 Å². The maximum Gasteiger partial charge on any atom is 0.490 e. The molecule has 0 aliphatic carbocycles. The summed E-state index contributed by atoms with van der Waals surface area (Å²) in [5, 5.41) is 11.1. The van der Waals surface area contributed by atoms with E-state index < -0.39 is 12.1 Å². The molecule has 0 unspecified atom stereocenters. The van der Waals surface area contributed by atoms with Gasteiger partial charge in [-0.2, -0.15) is 13.2 Å². The molecular formula is C17H15F3N4O2S. The van der Waals surface area contributed by atoms with Crippen LogP contribution in [0.1, 0.15) is 5.56 Å². The largest absolute Gasteiger partial charge is 0.490 e. The van der Waals surface area contributed by atoms with Crippen LogP contribution in [0.15, 0.2) is 48.7 Å². The number of carboxylic acid groups (broad SMARTS) is 1. The standard InChI is InChI=1S/C15H14N4S.C2HF3O2/c1-10-3-2-4-11(9-10)18-15-17-8-7-12(19-15)13-5-6-14(16)20-13;3-2(4,5)1(6)7/h2-9H,16H2,1H3,(H,17,18,19);(H,6,7). The average molecular weight is 396 g/mol. The third kappa shape index (κ3) is 6.26. The van der Waals surface area contributed by atoms with Gasteiger partial charge in [0.15, 0.2) is 0 Å². The predicted molar refractivity (Wildman–Crippen MR) is 97.9 cm³/mol. The summed E-state index contributed by atoms with van der Waals surface area (Å²) in [5.41, 5.74) is 8.80. The van der Waals surface area contributed by atoms with Gasteiger partial charge < -0.3 is 16.2 Å². The minimum absolute atomic E-state index is 0.583. The van der Waals surface area contributed by atoms with Crippen LogP contribution in [0, 0.1) is 6.92 Å². The molecule has 10 heteroatoms. The number of anilines is 3. The molecule has 0 amide bonds. The number of aryl methyl sites for hydroxylation is 1. The molecule has 27 heavy (non-hydrogen) atoms. The van der Waals surface area contributed by atoms with Gasteiger partial charge in [-0.3, -0.25) is 0 Å². The first-order valence-electron chi connectivity index (χ1n) is 7.47. The van der Waals surface area contributed by atoms with Crippen molar-refractivity contribution in [3.05, 3.63) is 54.2 Å². The topological polar surface area (TPSA) is 101 Å². The first kappa shape index (κ1) is 20.2. The van der Waals surface area contributed by atoms with E-state index in [0.29, 0.717) is 5.95 Å². The number of carboxylic acids is 1. The molecule has 2 heterocycles. The number of rotatable bonds is 3. The van der Waals surface area contributed by atoms with Gasteiger partial charge in [0.1, 0.15) is 0 Å². The molecule has 0 atom stereocenters. The van der Waals surface area contributed by atoms with Crippen molar-refractivity contribution in [2.45, 2.75) is 13.1 Å². The quantitative estimate of drug-likeness (QED) is 0.604. The Morgan fingerprint density at radius 1 is 1.22 bits per heavy atom. The zero-order valence-electron chi connectivity index (χ0n) is 14.0. The predicted octanol–water partition coefficient (Wildman–Crippen LogP) is 4.47. The molecular weight excluding hydrogens is 381 g/mol. The number of nitrogens with zero attached hydrogens (tertiary/aromatic N) is 2. The van der Waals surface area contributed by atoms with Crippen molar-refractivity contribution in [1.82, 2.24) is 9.97 Å². The number of benzene rings is 1. The van der Waals surface area contributed by atoms with Crippen LogP contribution in [-0.2, 0) is 4.79 Å². The summed E-state index contributed by atoms with van der Waals surface area (Å²) in [4.78, 5) is 18.7. The molecule has 0 aliphatic heterocycles. The first-order valence-corrected chi connectivity index (χ1v) is 8.29. The molecule has 3 rings (SSSR count). The van der Waals surface area contributed by atoms with Crippen LogP contribution in [0.25, 0.3) is 10.6 Å². The Balaban J connectivity index is 0.000000321. The Bertz CT molecular complexity index is 928. The highest BCUT2D eigenvalue weighted by molar-refractivity contribution is 7.19. The smallest absolute Gasteiger partial charge is 0.475 e. The van der Waals surface area contributed by atoms with Crippen molar-refractivity contribution < 1.29 is 23.1 Å². The number of carbonyl (C=O) groups is 1. The normalized spacial score (nSPS) is 10.7. The Labute approximate surface area is 156 Å². The van der Waals surface area contributed by atoms with Gasteiger partial charge in [0.05, 0.1) is 15.6 Å². The van der Waals surface area contributed by atoms with E-state index in [1.165, 1.54) is 16.9 Å². The van der Waals surface area contributed by atoms with Gasteiger partial charge >= 0.3 is 12.1 Å². The van der Waals surface area contributed by atoms with Gasteiger partial charge in [-0.05, 0) is 42.8 Å². The summed E-state index contributed by atoms with van der Waals surface area (Å²) >= 11 is 1.52. The number of hydrogen-bond acceptors (Lipinski definition) is 6. The van der Waals surface area contributed by atoms with Crippen LogP contribution in [0.2, 0.25) is 0 Å². The Morgan fingerprint density at radius 2 is 1.93 bits per heavy atom. The van der Waals surface area contributed by atoms with Gasteiger partial charge in [-0.25, -0.2) is 14.8 Å². The maximum absolute atomic E-state index is 10.6. The van der Waals surface area contributed by atoms with Gasteiger partial charge in [0, 0.05) is 11.9 Å². The lowest BCUT2D eigenvalue weighted by Crippen LogP contribution is -2.21. The van der Waals surface area contributed by atoms with Crippen molar-refractivity contribution in [2.24, 2.45) is 0 Å². The fourth-order valence-electron chi connectivity index (χ4n) is 1.90. The van der Waals surface area contributed by atoms with Crippen molar-refractivity contribution in [3.63, 3.8) is 0 Å². The van der Waals surface area contributed by atoms with Crippen molar-refractivity contribution >= 4 is 33.9 Å². The molecule has 6 nitrogen and oxygen atoms in total. The molecule has 142 valence electrons. The number of nitrogens with one attached hydrogen (secondary N) is 1. The Kier molecular flexibility index (Phi) is 6.35. The van der Waals surface area contributed by atoms with Gasteiger partial charge in [0.25, 0.3) is 0 Å². The van der Waals surface area contributed by atoms with Crippen LogP contribution < -0.4 is 11.1 Å². The van der Waals surface area contributed by atoms with E-state index in [1.807, 2.05) is 30.3 Å². The number of thiophene rings is 1. The highest BCUT2D eigenvalue weighted by Gasteiger charge is 2.38. The van der Waals surface area contributed by atoms with E-state index in [-0.39, 0.29) is 0 Å². The number of nitrogen functional groups attached to an aromatic ring is 1. The molecule has 2 aromatic heterocycles. The van der Waals surface area contributed by atoms with E-state index in [1.54, 1.807) is 6.20 Å². The third-order valence-corrected chi connectivity index (χ3v) is 3.99. The van der Waals surface area contributed by atoms with Gasteiger partial charge in [0.2, 0.25) is 5.95 Å². The van der Waals surface area contributed by atoms with E-state index in [0.717, 1.165) is 21.3 Å². The Morgan fingerprint density at radius 3 is 2.48 bits per heavy atom. The number of nitrogens with two attached hydrogens (primary N) is 1. The highest BCUT2D eigenvalue weighted by atomic mass is 32.1. The van der Waals surface area contributed by atoms with Crippen molar-refractivity contribution in [3.8, 4) is 10.6 Å². The molecule has 0 radical (unpaired) electrons. The number of aliphatic carboxylic acids is 1. The second kappa shape index (κ2) is 8.49. The monoisotopic (exact) mass is 396 g/mol. The number of halogens is 3. The third-order valence-electron chi connectivity index (χ3n) is 3.05. The van der Waals surface area contributed by atoms with Gasteiger partial charge in [-0.1, -0.05) is 12.1 Å². The van der Waals surface area contributed by atoms with E-state index in [4.69, 9.17) is 15.6 Å². The molecule has 0 spiro atoms. The van der Waals surface area contributed by atoms with Crippen LogP contribution in [0.3, 0.4) is 0 Å². The lowest BCUT2D eigenvalue weighted by atomic mass is 10.2. The zero-order valence-corrected chi connectivity index (χ0v) is 14.8.